The van der Waals surface area contributed by atoms with Crippen LogP contribution >= 0.6 is 0 Å². The van der Waals surface area contributed by atoms with E-state index in [1.807, 2.05) is 43.0 Å². The fourth-order valence-electron chi connectivity index (χ4n) is 2.18. The Morgan fingerprint density at radius 2 is 2.11 bits per heavy atom. The van der Waals surface area contributed by atoms with Crippen LogP contribution in [0.25, 0.3) is 0 Å². The lowest BCUT2D eigenvalue weighted by atomic mass is 9.88. The predicted octanol–water partition coefficient (Wildman–Crippen LogP) is 3.20. The molecule has 1 aromatic rings. The third-order valence-electron chi connectivity index (χ3n) is 4.02. The van der Waals surface area contributed by atoms with E-state index < -0.39 is 0 Å². The minimum atomic E-state index is -0.275. The van der Waals surface area contributed by atoms with Crippen LogP contribution in [0, 0.1) is 5.41 Å². The number of anilines is 1. The van der Waals surface area contributed by atoms with Crippen molar-refractivity contribution >= 4 is 11.6 Å². The summed E-state index contributed by atoms with van der Waals surface area (Å²) < 4.78 is 0. The molecule has 0 aromatic heterocycles. The van der Waals surface area contributed by atoms with Crippen molar-refractivity contribution in [2.75, 3.05) is 5.73 Å². The Kier molecular flexibility index (Phi) is 3.83. The predicted molar refractivity (Wildman–Crippen MR) is 78.5 cm³/mol. The van der Waals surface area contributed by atoms with Gasteiger partial charge in [0.1, 0.15) is 0 Å². The molecule has 0 unspecified atom stereocenters. The van der Waals surface area contributed by atoms with Gasteiger partial charge in [-0.2, -0.15) is 0 Å². The molecule has 3 nitrogen and oxygen atoms in total. The molecule has 1 saturated carbocycles. The van der Waals surface area contributed by atoms with Crippen LogP contribution in [-0.4, -0.2) is 16.8 Å². The molecule has 1 amide bonds. The van der Waals surface area contributed by atoms with E-state index in [-0.39, 0.29) is 11.3 Å². The average molecular weight is 260 g/mol. The molecule has 0 saturated heterocycles. The van der Waals surface area contributed by atoms with Crippen LogP contribution in [0.5, 0.6) is 0 Å². The Labute approximate surface area is 115 Å². The van der Waals surface area contributed by atoms with Crippen LogP contribution in [0.3, 0.4) is 0 Å². The second-order valence-corrected chi connectivity index (χ2v) is 6.15. The highest BCUT2D eigenvalue weighted by Gasteiger charge is 2.38. The van der Waals surface area contributed by atoms with Crippen molar-refractivity contribution in [1.82, 2.24) is 4.90 Å². The van der Waals surface area contributed by atoms with Gasteiger partial charge in [-0.3, -0.25) is 4.79 Å². The molecule has 0 radical (unpaired) electrons. The highest BCUT2D eigenvalue weighted by atomic mass is 16.2. The molecule has 0 atom stereocenters. The van der Waals surface area contributed by atoms with E-state index in [1.54, 1.807) is 0 Å². The second kappa shape index (κ2) is 5.24. The summed E-state index contributed by atoms with van der Waals surface area (Å²) in [5.41, 5.74) is 7.41. The zero-order valence-electron chi connectivity index (χ0n) is 12.1. The van der Waals surface area contributed by atoms with E-state index >= 15 is 0 Å². The number of hydrogen-bond donors (Lipinski definition) is 1. The number of nitrogens with zero attached hydrogens (tertiary/aromatic N) is 1. The van der Waals surface area contributed by atoms with Gasteiger partial charge in [-0.25, -0.2) is 0 Å². The molecule has 1 aromatic carbocycles. The first-order chi connectivity index (χ1) is 8.94. The molecule has 19 heavy (non-hydrogen) atoms. The van der Waals surface area contributed by atoms with Crippen LogP contribution in [0.15, 0.2) is 24.3 Å². The van der Waals surface area contributed by atoms with Crippen molar-refractivity contribution in [3.05, 3.63) is 29.8 Å². The van der Waals surface area contributed by atoms with Gasteiger partial charge in [0.25, 0.3) is 0 Å². The maximum atomic E-state index is 12.7. The average Bonchev–Trinajstić information content (AvgIpc) is 3.19. The zero-order valence-corrected chi connectivity index (χ0v) is 12.1. The Bertz CT molecular complexity index is 464. The van der Waals surface area contributed by atoms with Crippen LogP contribution in [0.4, 0.5) is 5.69 Å². The van der Waals surface area contributed by atoms with Crippen LogP contribution < -0.4 is 5.73 Å². The number of benzene rings is 1. The maximum absolute atomic E-state index is 12.7. The smallest absolute Gasteiger partial charge is 0.228 e. The van der Waals surface area contributed by atoms with E-state index in [0.29, 0.717) is 12.6 Å². The summed E-state index contributed by atoms with van der Waals surface area (Å²) in [6, 6.07) is 8.26. The van der Waals surface area contributed by atoms with E-state index in [9.17, 15) is 4.79 Å². The molecule has 1 aliphatic carbocycles. The lowest BCUT2D eigenvalue weighted by Gasteiger charge is -2.31. The minimum absolute atomic E-state index is 0.264. The van der Waals surface area contributed by atoms with Gasteiger partial charge in [0, 0.05) is 23.7 Å². The summed E-state index contributed by atoms with van der Waals surface area (Å²) in [7, 11) is 0. The van der Waals surface area contributed by atoms with Gasteiger partial charge in [-0.1, -0.05) is 32.9 Å². The summed E-state index contributed by atoms with van der Waals surface area (Å²) >= 11 is 0. The molecule has 0 spiro atoms. The summed E-state index contributed by atoms with van der Waals surface area (Å²) in [5, 5.41) is 0. The molecule has 104 valence electrons. The van der Waals surface area contributed by atoms with E-state index in [0.717, 1.165) is 30.5 Å². The third kappa shape index (κ3) is 3.28. The Hall–Kier alpha value is -1.51. The van der Waals surface area contributed by atoms with Crippen molar-refractivity contribution in [3.8, 4) is 0 Å². The fraction of sp³-hybridized carbons (Fsp3) is 0.562. The first-order valence-corrected chi connectivity index (χ1v) is 7.09. The number of nitrogen functional groups attached to an aromatic ring is 1. The zero-order chi connectivity index (χ0) is 14.0. The van der Waals surface area contributed by atoms with Gasteiger partial charge < -0.3 is 10.6 Å². The van der Waals surface area contributed by atoms with Gasteiger partial charge in [0.15, 0.2) is 0 Å². The number of rotatable bonds is 5. The van der Waals surface area contributed by atoms with E-state index in [2.05, 4.69) is 6.92 Å². The van der Waals surface area contributed by atoms with Gasteiger partial charge in [-0.15, -0.1) is 0 Å². The SMILES string of the molecule is CCC(C)(C)C(=O)N(Cc1cccc(N)c1)C1CC1. The standard InChI is InChI=1S/C16H24N2O/c1-4-16(2,3)15(19)18(14-8-9-14)11-12-6-5-7-13(17)10-12/h5-7,10,14H,4,8-9,11,17H2,1-3H3. The highest BCUT2D eigenvalue weighted by Crippen LogP contribution is 2.33. The first kappa shape index (κ1) is 13.9. The Morgan fingerprint density at radius 1 is 1.42 bits per heavy atom. The number of amides is 1. The molecule has 0 aliphatic heterocycles. The quantitative estimate of drug-likeness (QED) is 0.826. The summed E-state index contributed by atoms with van der Waals surface area (Å²) in [4.78, 5) is 14.7. The van der Waals surface area contributed by atoms with Crippen molar-refractivity contribution in [3.63, 3.8) is 0 Å². The fourth-order valence-corrected chi connectivity index (χ4v) is 2.18. The lowest BCUT2D eigenvalue weighted by molar-refractivity contribution is -0.141. The monoisotopic (exact) mass is 260 g/mol. The molecule has 2 N–H and O–H groups in total. The number of carbonyl (C=O) groups is 1. The van der Waals surface area contributed by atoms with Crippen molar-refractivity contribution < 1.29 is 4.79 Å². The topological polar surface area (TPSA) is 46.3 Å². The summed E-state index contributed by atoms with van der Waals surface area (Å²) in [6.45, 7) is 6.82. The molecule has 0 heterocycles. The van der Waals surface area contributed by atoms with Crippen molar-refractivity contribution in [2.45, 2.75) is 52.6 Å². The largest absolute Gasteiger partial charge is 0.399 e. The van der Waals surface area contributed by atoms with Gasteiger partial charge >= 0.3 is 0 Å². The molecule has 0 bridgehead atoms. The number of carbonyl (C=O) groups excluding carboxylic acids is 1. The Morgan fingerprint density at radius 3 is 2.63 bits per heavy atom. The molecule has 3 heteroatoms. The summed E-state index contributed by atoms with van der Waals surface area (Å²) in [6.07, 6.45) is 3.13. The lowest BCUT2D eigenvalue weighted by Crippen LogP contribution is -2.41. The maximum Gasteiger partial charge on any atom is 0.228 e. The van der Waals surface area contributed by atoms with Crippen molar-refractivity contribution in [2.24, 2.45) is 5.41 Å². The van der Waals surface area contributed by atoms with Gasteiger partial charge in [-0.05, 0) is 37.0 Å². The summed E-state index contributed by atoms with van der Waals surface area (Å²) in [5.74, 6) is 0.264. The molecule has 1 aliphatic rings. The minimum Gasteiger partial charge on any atom is -0.399 e. The van der Waals surface area contributed by atoms with Gasteiger partial charge in [0.05, 0.1) is 0 Å². The van der Waals surface area contributed by atoms with Crippen LogP contribution in [-0.2, 0) is 11.3 Å². The molecule has 1 fully saturated rings. The van der Waals surface area contributed by atoms with Crippen LogP contribution in [0.1, 0.15) is 45.6 Å². The highest BCUT2D eigenvalue weighted by molar-refractivity contribution is 5.82. The third-order valence-corrected chi connectivity index (χ3v) is 4.02. The Balaban J connectivity index is 2.15. The first-order valence-electron chi connectivity index (χ1n) is 7.09. The van der Waals surface area contributed by atoms with E-state index in [1.165, 1.54) is 0 Å². The van der Waals surface area contributed by atoms with Crippen molar-refractivity contribution in [1.29, 1.82) is 0 Å². The second-order valence-electron chi connectivity index (χ2n) is 6.15. The number of nitrogens with two attached hydrogens (primary N) is 1. The molecule has 2 rings (SSSR count). The van der Waals surface area contributed by atoms with Crippen LogP contribution in [0.2, 0.25) is 0 Å². The van der Waals surface area contributed by atoms with Gasteiger partial charge in [0.2, 0.25) is 5.91 Å². The number of hydrogen-bond acceptors (Lipinski definition) is 2. The normalized spacial score (nSPS) is 15.3. The molecular weight excluding hydrogens is 236 g/mol. The van der Waals surface area contributed by atoms with E-state index in [4.69, 9.17) is 5.73 Å². The molecular formula is C16H24N2O.